The van der Waals surface area contributed by atoms with Gasteiger partial charge in [0, 0.05) is 0 Å². The van der Waals surface area contributed by atoms with Crippen molar-refractivity contribution in [1.82, 2.24) is 0 Å². The Labute approximate surface area is 170 Å². The second kappa shape index (κ2) is 9.78. The monoisotopic (exact) mass is 398 g/mol. The average molecular weight is 398 g/mol. The van der Waals surface area contributed by atoms with E-state index in [2.05, 4.69) is 13.8 Å². The van der Waals surface area contributed by atoms with Gasteiger partial charge in [0.15, 0.2) is 0 Å². The van der Waals surface area contributed by atoms with Crippen LogP contribution in [0.15, 0.2) is 47.1 Å². The maximum Gasteiger partial charge on any atom is 0.338 e. The number of nitriles is 1. The zero-order chi connectivity index (χ0) is 21.6. The minimum atomic E-state index is -0.793. The third-order valence-electron chi connectivity index (χ3n) is 4.54. The lowest BCUT2D eigenvalue weighted by Crippen LogP contribution is -2.27. The normalized spacial score (nSPS) is 16.3. The van der Waals surface area contributed by atoms with Crippen LogP contribution in [-0.4, -0.2) is 25.2 Å². The molecular formula is C22H26N2O5. The highest BCUT2D eigenvalue weighted by Gasteiger charge is 2.38. The topological polar surface area (TPSA) is 112 Å². The van der Waals surface area contributed by atoms with Crippen LogP contribution >= 0.6 is 0 Å². The molecular weight excluding hydrogens is 372 g/mol. The predicted molar refractivity (Wildman–Crippen MR) is 106 cm³/mol. The van der Waals surface area contributed by atoms with E-state index in [1.54, 1.807) is 13.8 Å². The second-order valence-electron chi connectivity index (χ2n) is 6.79. The Kier molecular flexibility index (Phi) is 7.43. The van der Waals surface area contributed by atoms with E-state index < -0.39 is 17.9 Å². The first-order chi connectivity index (χ1) is 13.8. The van der Waals surface area contributed by atoms with Crippen LogP contribution in [0.4, 0.5) is 0 Å². The van der Waals surface area contributed by atoms with Gasteiger partial charge in [0.2, 0.25) is 5.88 Å². The molecule has 0 unspecified atom stereocenters. The van der Waals surface area contributed by atoms with Crippen molar-refractivity contribution in [2.24, 2.45) is 5.73 Å². The number of ether oxygens (including phenoxy) is 3. The molecule has 2 rings (SSSR count). The van der Waals surface area contributed by atoms with Gasteiger partial charge in [-0.25, -0.2) is 4.79 Å². The molecule has 29 heavy (non-hydrogen) atoms. The number of rotatable bonds is 7. The molecule has 7 heteroatoms. The fourth-order valence-electron chi connectivity index (χ4n) is 3.13. The van der Waals surface area contributed by atoms with E-state index in [0.29, 0.717) is 11.5 Å². The van der Waals surface area contributed by atoms with Crippen molar-refractivity contribution in [3.8, 4) is 6.07 Å². The molecule has 0 amide bonds. The maximum atomic E-state index is 12.8. The quantitative estimate of drug-likeness (QED) is 0.701. The Morgan fingerprint density at radius 1 is 1.17 bits per heavy atom. The van der Waals surface area contributed by atoms with Crippen LogP contribution in [0.5, 0.6) is 0 Å². The van der Waals surface area contributed by atoms with E-state index in [9.17, 15) is 14.9 Å². The van der Waals surface area contributed by atoms with Crippen LogP contribution in [0, 0.1) is 11.3 Å². The molecule has 0 fully saturated rings. The summed E-state index contributed by atoms with van der Waals surface area (Å²) < 4.78 is 15.7. The summed E-state index contributed by atoms with van der Waals surface area (Å²) in [6, 6.07) is 9.60. The van der Waals surface area contributed by atoms with Gasteiger partial charge in [-0.3, -0.25) is 4.79 Å². The van der Waals surface area contributed by atoms with Gasteiger partial charge in [-0.15, -0.1) is 0 Å². The van der Waals surface area contributed by atoms with Crippen molar-refractivity contribution in [2.45, 2.75) is 46.0 Å². The zero-order valence-corrected chi connectivity index (χ0v) is 17.2. The molecule has 0 aliphatic carbocycles. The van der Waals surface area contributed by atoms with E-state index >= 15 is 0 Å². The lowest BCUT2D eigenvalue weighted by Gasteiger charge is -2.28. The number of carbonyl (C=O) groups excluding carboxylic acids is 2. The fourth-order valence-corrected chi connectivity index (χ4v) is 3.13. The molecule has 1 atom stereocenters. The Hall–Kier alpha value is -3.27. The summed E-state index contributed by atoms with van der Waals surface area (Å²) in [4.78, 5) is 24.8. The predicted octanol–water partition coefficient (Wildman–Crippen LogP) is 3.39. The van der Waals surface area contributed by atoms with Crippen LogP contribution in [0.2, 0.25) is 0 Å². The molecule has 0 saturated heterocycles. The van der Waals surface area contributed by atoms with Gasteiger partial charge in [-0.05, 0) is 30.9 Å². The molecule has 7 nitrogen and oxygen atoms in total. The summed E-state index contributed by atoms with van der Waals surface area (Å²) in [6.45, 7) is 7.83. The van der Waals surface area contributed by atoms with Crippen LogP contribution < -0.4 is 5.73 Å². The molecule has 0 bridgehead atoms. The molecule has 1 aromatic rings. The van der Waals surface area contributed by atoms with Crippen LogP contribution in [-0.2, 0) is 23.8 Å². The van der Waals surface area contributed by atoms with E-state index in [1.165, 1.54) is 0 Å². The van der Waals surface area contributed by atoms with Gasteiger partial charge >= 0.3 is 11.9 Å². The molecule has 0 aromatic heterocycles. The minimum Gasteiger partial charge on any atom is -0.466 e. The van der Waals surface area contributed by atoms with Crippen LogP contribution in [0.3, 0.4) is 0 Å². The Morgan fingerprint density at radius 3 is 2.31 bits per heavy atom. The summed E-state index contributed by atoms with van der Waals surface area (Å²) in [5, 5.41) is 9.68. The van der Waals surface area contributed by atoms with Gasteiger partial charge in [0.05, 0.1) is 24.7 Å². The SMILES string of the molecule is CCOC(=O)CC1=C(C(=O)OCC)[C@H](c2ccc(C(C)C)cc2)C(C#N)=C(N)O1. The van der Waals surface area contributed by atoms with Gasteiger partial charge in [-0.2, -0.15) is 5.26 Å². The van der Waals surface area contributed by atoms with Gasteiger partial charge in [0.25, 0.3) is 0 Å². The molecule has 1 aromatic carbocycles. The minimum absolute atomic E-state index is 0.0383. The highest BCUT2D eigenvalue weighted by molar-refractivity contribution is 5.93. The second-order valence-corrected chi connectivity index (χ2v) is 6.79. The first-order valence-electron chi connectivity index (χ1n) is 9.57. The maximum absolute atomic E-state index is 12.8. The summed E-state index contributed by atoms with van der Waals surface area (Å²) >= 11 is 0. The smallest absolute Gasteiger partial charge is 0.338 e. The van der Waals surface area contributed by atoms with E-state index in [0.717, 1.165) is 5.56 Å². The summed E-state index contributed by atoms with van der Waals surface area (Å²) in [6.07, 6.45) is -0.290. The summed E-state index contributed by atoms with van der Waals surface area (Å²) in [5.74, 6) is -1.79. The molecule has 1 aliphatic heterocycles. The van der Waals surface area contributed by atoms with Crippen molar-refractivity contribution in [3.05, 3.63) is 58.2 Å². The largest absolute Gasteiger partial charge is 0.466 e. The molecule has 0 saturated carbocycles. The van der Waals surface area contributed by atoms with E-state index in [1.807, 2.05) is 30.3 Å². The molecule has 1 heterocycles. The molecule has 2 N–H and O–H groups in total. The first-order valence-corrected chi connectivity index (χ1v) is 9.57. The zero-order valence-electron chi connectivity index (χ0n) is 17.2. The van der Waals surface area contributed by atoms with Crippen molar-refractivity contribution >= 4 is 11.9 Å². The molecule has 0 spiro atoms. The standard InChI is InChI=1S/C22H26N2O5/c1-5-27-18(25)11-17-20(22(26)28-6-2)19(16(12-23)21(24)29-17)15-9-7-14(8-10-15)13(3)4/h7-10,13,19H,5-6,11,24H2,1-4H3/t19-/m1/s1. The lowest BCUT2D eigenvalue weighted by atomic mass is 9.82. The van der Waals surface area contributed by atoms with Gasteiger partial charge in [0.1, 0.15) is 23.8 Å². The average Bonchev–Trinajstić information content (AvgIpc) is 2.67. The highest BCUT2D eigenvalue weighted by Crippen LogP contribution is 2.41. The Bertz CT molecular complexity index is 875. The van der Waals surface area contributed by atoms with Crippen molar-refractivity contribution in [1.29, 1.82) is 5.26 Å². The Balaban J connectivity index is 2.62. The van der Waals surface area contributed by atoms with Crippen LogP contribution in [0.1, 0.15) is 57.1 Å². The number of benzene rings is 1. The lowest BCUT2D eigenvalue weighted by molar-refractivity contribution is -0.143. The third-order valence-corrected chi connectivity index (χ3v) is 4.54. The molecule has 0 radical (unpaired) electrons. The van der Waals surface area contributed by atoms with Gasteiger partial charge < -0.3 is 19.9 Å². The van der Waals surface area contributed by atoms with Crippen molar-refractivity contribution in [2.75, 3.05) is 13.2 Å². The first kappa shape index (κ1) is 22.0. The van der Waals surface area contributed by atoms with E-state index in [4.69, 9.17) is 19.9 Å². The number of esters is 2. The summed E-state index contributed by atoms with van der Waals surface area (Å²) in [5.41, 5.74) is 7.95. The molecule has 1 aliphatic rings. The third kappa shape index (κ3) is 4.96. The summed E-state index contributed by atoms with van der Waals surface area (Å²) in [7, 11) is 0. The number of hydrogen-bond donors (Lipinski definition) is 1. The highest BCUT2D eigenvalue weighted by atomic mass is 16.5. The van der Waals surface area contributed by atoms with Gasteiger partial charge in [-0.1, -0.05) is 38.1 Å². The number of allylic oxidation sites excluding steroid dienone is 1. The molecule has 154 valence electrons. The number of nitrogens with two attached hydrogens (primary N) is 1. The fraction of sp³-hybridized carbons (Fsp3) is 0.409. The van der Waals surface area contributed by atoms with E-state index in [-0.39, 0.29) is 42.4 Å². The van der Waals surface area contributed by atoms with Crippen LogP contribution in [0.25, 0.3) is 0 Å². The number of nitrogens with zero attached hydrogens (tertiary/aromatic N) is 1. The Morgan fingerprint density at radius 2 is 1.79 bits per heavy atom. The van der Waals surface area contributed by atoms with Crippen molar-refractivity contribution < 1.29 is 23.8 Å². The number of hydrogen-bond acceptors (Lipinski definition) is 7. The van der Waals surface area contributed by atoms with Crippen molar-refractivity contribution in [3.63, 3.8) is 0 Å². The number of carbonyl (C=O) groups is 2.